The zero-order chi connectivity index (χ0) is 10.1. The summed E-state index contributed by atoms with van der Waals surface area (Å²) in [5.74, 6) is 0. The minimum absolute atomic E-state index is 0.533. The SMILES string of the molecule is N#Cc1cncc2c(Br)cc(Cl)cc12. The van der Waals surface area contributed by atoms with E-state index in [1.807, 2.05) is 0 Å². The van der Waals surface area contributed by atoms with Crippen LogP contribution < -0.4 is 0 Å². The highest BCUT2D eigenvalue weighted by Crippen LogP contribution is 2.29. The number of nitriles is 1. The average Bonchev–Trinajstić information content (AvgIpc) is 2.17. The molecule has 4 heteroatoms. The molecule has 0 fully saturated rings. The summed E-state index contributed by atoms with van der Waals surface area (Å²) in [6, 6.07) is 5.63. The Kier molecular flexibility index (Phi) is 2.40. The Hall–Kier alpha value is -1.11. The second kappa shape index (κ2) is 3.56. The summed E-state index contributed by atoms with van der Waals surface area (Å²) in [6.07, 6.45) is 3.24. The largest absolute Gasteiger partial charge is 0.263 e. The van der Waals surface area contributed by atoms with Gasteiger partial charge in [0, 0.05) is 32.7 Å². The first-order valence-electron chi connectivity index (χ1n) is 3.85. The van der Waals surface area contributed by atoms with Crippen LogP contribution in [0, 0.1) is 11.3 Å². The summed E-state index contributed by atoms with van der Waals surface area (Å²) in [5, 5.41) is 11.2. The molecule has 1 aromatic heterocycles. The third kappa shape index (κ3) is 1.47. The molecule has 0 saturated heterocycles. The van der Waals surface area contributed by atoms with E-state index in [9.17, 15) is 0 Å². The molecule has 1 aromatic carbocycles. The lowest BCUT2D eigenvalue weighted by molar-refractivity contribution is 1.33. The van der Waals surface area contributed by atoms with E-state index in [-0.39, 0.29) is 0 Å². The molecule has 2 nitrogen and oxygen atoms in total. The number of nitrogens with zero attached hydrogens (tertiary/aromatic N) is 2. The molecule has 0 saturated carbocycles. The van der Waals surface area contributed by atoms with Crippen LogP contribution >= 0.6 is 27.5 Å². The minimum Gasteiger partial charge on any atom is -0.263 e. The molecule has 0 radical (unpaired) electrons. The summed E-state index contributed by atoms with van der Waals surface area (Å²) in [4.78, 5) is 3.98. The molecule has 2 aromatic rings. The number of rotatable bonds is 0. The van der Waals surface area contributed by atoms with Gasteiger partial charge in [-0.05, 0) is 12.1 Å². The van der Waals surface area contributed by atoms with E-state index in [1.165, 1.54) is 6.20 Å². The molecule has 14 heavy (non-hydrogen) atoms. The van der Waals surface area contributed by atoms with Crippen LogP contribution in [0.15, 0.2) is 29.0 Å². The zero-order valence-corrected chi connectivity index (χ0v) is 9.30. The Morgan fingerprint density at radius 1 is 1.29 bits per heavy atom. The van der Waals surface area contributed by atoms with Crippen LogP contribution in [-0.2, 0) is 0 Å². The second-order valence-corrected chi connectivity index (χ2v) is 4.07. The lowest BCUT2D eigenvalue weighted by atomic mass is 10.1. The van der Waals surface area contributed by atoms with Gasteiger partial charge in [0.05, 0.1) is 5.56 Å². The maximum atomic E-state index is 8.87. The second-order valence-electron chi connectivity index (χ2n) is 2.78. The third-order valence-electron chi connectivity index (χ3n) is 1.91. The first kappa shape index (κ1) is 9.45. The van der Waals surface area contributed by atoms with E-state index in [4.69, 9.17) is 16.9 Å². The maximum absolute atomic E-state index is 8.87. The smallest absolute Gasteiger partial charge is 0.101 e. The van der Waals surface area contributed by atoms with Gasteiger partial charge in [0.2, 0.25) is 0 Å². The van der Waals surface area contributed by atoms with E-state index in [0.29, 0.717) is 10.6 Å². The van der Waals surface area contributed by atoms with Crippen LogP contribution in [-0.4, -0.2) is 4.98 Å². The van der Waals surface area contributed by atoms with Crippen LogP contribution in [0.2, 0.25) is 5.02 Å². The van der Waals surface area contributed by atoms with Crippen molar-refractivity contribution in [3.05, 3.63) is 39.6 Å². The molecular formula is C10H4BrClN2. The van der Waals surface area contributed by atoms with Gasteiger partial charge in [0.25, 0.3) is 0 Å². The van der Waals surface area contributed by atoms with Gasteiger partial charge in [-0.3, -0.25) is 4.98 Å². The van der Waals surface area contributed by atoms with Gasteiger partial charge >= 0.3 is 0 Å². The highest BCUT2D eigenvalue weighted by molar-refractivity contribution is 9.10. The summed E-state index contributed by atoms with van der Waals surface area (Å²) in [7, 11) is 0. The fraction of sp³-hybridized carbons (Fsp3) is 0. The van der Waals surface area contributed by atoms with Gasteiger partial charge in [0.1, 0.15) is 6.07 Å². The van der Waals surface area contributed by atoms with Crippen molar-refractivity contribution < 1.29 is 0 Å². The number of pyridine rings is 1. The van der Waals surface area contributed by atoms with Crippen molar-refractivity contribution in [1.29, 1.82) is 5.26 Å². The predicted octanol–water partition coefficient (Wildman–Crippen LogP) is 3.52. The maximum Gasteiger partial charge on any atom is 0.101 e. The highest BCUT2D eigenvalue weighted by atomic mass is 79.9. The number of benzene rings is 1. The van der Waals surface area contributed by atoms with Crippen molar-refractivity contribution in [2.24, 2.45) is 0 Å². The van der Waals surface area contributed by atoms with Crippen LogP contribution in [0.25, 0.3) is 10.8 Å². The van der Waals surface area contributed by atoms with E-state index >= 15 is 0 Å². The molecule has 0 spiro atoms. The molecule has 2 rings (SSSR count). The van der Waals surface area contributed by atoms with Crippen molar-refractivity contribution in [1.82, 2.24) is 4.98 Å². The highest BCUT2D eigenvalue weighted by Gasteiger charge is 2.05. The fourth-order valence-corrected chi connectivity index (χ4v) is 2.20. The number of halogens is 2. The van der Waals surface area contributed by atoms with Gasteiger partial charge in [-0.25, -0.2) is 0 Å². The Morgan fingerprint density at radius 2 is 2.07 bits per heavy atom. The monoisotopic (exact) mass is 266 g/mol. The third-order valence-corrected chi connectivity index (χ3v) is 2.79. The lowest BCUT2D eigenvalue weighted by Crippen LogP contribution is -1.83. The Morgan fingerprint density at radius 3 is 2.79 bits per heavy atom. The molecule has 0 bridgehead atoms. The number of hydrogen-bond donors (Lipinski definition) is 0. The van der Waals surface area contributed by atoms with Gasteiger partial charge in [-0.2, -0.15) is 5.26 Å². The van der Waals surface area contributed by atoms with Crippen molar-refractivity contribution in [3.63, 3.8) is 0 Å². The molecule has 0 amide bonds. The summed E-state index contributed by atoms with van der Waals surface area (Å²) in [6.45, 7) is 0. The Bertz CT molecular complexity index is 546. The topological polar surface area (TPSA) is 36.7 Å². The average molecular weight is 268 g/mol. The van der Waals surface area contributed by atoms with Crippen molar-refractivity contribution >= 4 is 38.3 Å². The summed E-state index contributed by atoms with van der Waals surface area (Å²) < 4.78 is 0.851. The number of hydrogen-bond acceptors (Lipinski definition) is 2. The minimum atomic E-state index is 0.533. The quantitative estimate of drug-likeness (QED) is 0.732. The van der Waals surface area contributed by atoms with E-state index in [1.54, 1.807) is 18.3 Å². The number of aromatic nitrogens is 1. The zero-order valence-electron chi connectivity index (χ0n) is 6.96. The fourth-order valence-electron chi connectivity index (χ4n) is 1.28. The van der Waals surface area contributed by atoms with Gasteiger partial charge < -0.3 is 0 Å². The molecule has 0 atom stereocenters. The molecular weight excluding hydrogens is 263 g/mol. The van der Waals surface area contributed by atoms with Gasteiger partial charge in [-0.1, -0.05) is 27.5 Å². The Labute approximate surface area is 94.3 Å². The molecule has 0 N–H and O–H groups in total. The molecule has 68 valence electrons. The molecule has 0 aliphatic heterocycles. The van der Waals surface area contributed by atoms with E-state index < -0.39 is 0 Å². The molecule has 0 aliphatic rings. The van der Waals surface area contributed by atoms with Crippen molar-refractivity contribution in [2.45, 2.75) is 0 Å². The number of fused-ring (bicyclic) bond motifs is 1. The van der Waals surface area contributed by atoms with E-state index in [2.05, 4.69) is 27.0 Å². The molecule has 1 heterocycles. The molecule has 0 aliphatic carbocycles. The Balaban J connectivity index is 2.95. The molecule has 0 unspecified atom stereocenters. The summed E-state index contributed by atoms with van der Waals surface area (Å²) in [5.41, 5.74) is 0.533. The van der Waals surface area contributed by atoms with E-state index in [0.717, 1.165) is 15.2 Å². The van der Waals surface area contributed by atoms with Crippen molar-refractivity contribution in [2.75, 3.05) is 0 Å². The van der Waals surface area contributed by atoms with Crippen LogP contribution in [0.3, 0.4) is 0 Å². The standard InChI is InChI=1S/C10H4BrClN2/c11-10-2-7(12)1-8-6(3-13)4-14-5-9(8)10/h1-2,4-5H. The predicted molar refractivity (Wildman–Crippen MR) is 59.2 cm³/mol. The lowest BCUT2D eigenvalue weighted by Gasteiger charge is -2.02. The normalized spacial score (nSPS) is 10.1. The van der Waals surface area contributed by atoms with Gasteiger partial charge in [0.15, 0.2) is 0 Å². The summed E-state index contributed by atoms with van der Waals surface area (Å²) >= 11 is 9.27. The first-order valence-corrected chi connectivity index (χ1v) is 5.02. The van der Waals surface area contributed by atoms with Crippen molar-refractivity contribution in [3.8, 4) is 6.07 Å². The van der Waals surface area contributed by atoms with Crippen LogP contribution in [0.1, 0.15) is 5.56 Å². The van der Waals surface area contributed by atoms with Crippen LogP contribution in [0.5, 0.6) is 0 Å². The first-order chi connectivity index (χ1) is 6.72. The van der Waals surface area contributed by atoms with Crippen LogP contribution in [0.4, 0.5) is 0 Å². The van der Waals surface area contributed by atoms with Gasteiger partial charge in [-0.15, -0.1) is 0 Å².